The van der Waals surface area contributed by atoms with Crippen LogP contribution in [0.3, 0.4) is 0 Å². The van der Waals surface area contributed by atoms with Gasteiger partial charge in [-0.15, -0.1) is 0 Å². The van der Waals surface area contributed by atoms with E-state index in [0.717, 1.165) is 36.7 Å². The Labute approximate surface area is 152 Å². The molecular weight excluding hydrogens is 330 g/mol. The summed E-state index contributed by atoms with van der Waals surface area (Å²) >= 11 is 0. The molecule has 0 bridgehead atoms. The van der Waals surface area contributed by atoms with E-state index in [1.165, 1.54) is 6.92 Å². The van der Waals surface area contributed by atoms with Gasteiger partial charge in [0, 0.05) is 37.8 Å². The predicted octanol–water partition coefficient (Wildman–Crippen LogP) is 2.06. The molecule has 3 heterocycles. The van der Waals surface area contributed by atoms with Gasteiger partial charge in [0.05, 0.1) is 6.54 Å². The lowest BCUT2D eigenvalue weighted by atomic mass is 9.94. The van der Waals surface area contributed by atoms with Gasteiger partial charge in [-0.05, 0) is 37.1 Å². The number of aromatic nitrogens is 2. The smallest absolute Gasteiger partial charge is 0.241 e. The minimum absolute atomic E-state index is 0.0485. The average molecular weight is 353 g/mol. The fraction of sp³-hybridized carbons (Fsp3) is 0.368. The summed E-state index contributed by atoms with van der Waals surface area (Å²) < 4.78 is 0. The summed E-state index contributed by atoms with van der Waals surface area (Å²) in [5.41, 5.74) is 0.961. The first-order chi connectivity index (χ1) is 12.6. The van der Waals surface area contributed by atoms with E-state index in [9.17, 15) is 9.59 Å². The van der Waals surface area contributed by atoms with Crippen LogP contribution in [-0.2, 0) is 9.59 Å². The van der Waals surface area contributed by atoms with Crippen molar-refractivity contribution in [3.8, 4) is 0 Å². The van der Waals surface area contributed by atoms with Crippen LogP contribution in [0, 0.1) is 0 Å². The van der Waals surface area contributed by atoms with Crippen LogP contribution in [0.4, 0.5) is 11.6 Å². The number of rotatable bonds is 5. The van der Waals surface area contributed by atoms with Crippen LogP contribution in [0.25, 0.3) is 0 Å². The van der Waals surface area contributed by atoms with Crippen LogP contribution in [-0.4, -0.2) is 46.3 Å². The number of likely N-dealkylation sites (tertiary alicyclic amines) is 1. The second-order valence-electron chi connectivity index (χ2n) is 6.38. The molecule has 136 valence electrons. The number of anilines is 2. The predicted molar refractivity (Wildman–Crippen MR) is 99.0 cm³/mol. The molecular formula is C19H23N5O2. The van der Waals surface area contributed by atoms with Crippen molar-refractivity contribution < 1.29 is 9.59 Å². The van der Waals surface area contributed by atoms with Crippen molar-refractivity contribution in [1.82, 2.24) is 20.2 Å². The average Bonchev–Trinajstić information content (AvgIpc) is 2.67. The number of piperidine rings is 1. The van der Waals surface area contributed by atoms with Crippen LogP contribution in [0.5, 0.6) is 0 Å². The summed E-state index contributed by atoms with van der Waals surface area (Å²) in [4.78, 5) is 34.0. The molecule has 0 aliphatic carbocycles. The molecule has 7 heteroatoms. The molecule has 0 spiro atoms. The summed E-state index contributed by atoms with van der Waals surface area (Å²) in [5, 5.41) is 5.77. The van der Waals surface area contributed by atoms with Crippen molar-refractivity contribution in [2.45, 2.75) is 25.7 Å². The molecule has 1 aliphatic heterocycles. The third kappa shape index (κ3) is 4.78. The summed E-state index contributed by atoms with van der Waals surface area (Å²) in [5.74, 6) is 1.43. The van der Waals surface area contributed by atoms with E-state index in [1.807, 2.05) is 41.3 Å². The first-order valence-corrected chi connectivity index (χ1v) is 8.79. The Kier molecular flexibility index (Phi) is 5.78. The fourth-order valence-electron chi connectivity index (χ4n) is 3.07. The van der Waals surface area contributed by atoms with Gasteiger partial charge in [-0.25, -0.2) is 9.97 Å². The lowest BCUT2D eigenvalue weighted by Crippen LogP contribution is -2.44. The Morgan fingerprint density at radius 3 is 2.81 bits per heavy atom. The molecule has 1 fully saturated rings. The van der Waals surface area contributed by atoms with Crippen LogP contribution in [0.1, 0.15) is 31.4 Å². The summed E-state index contributed by atoms with van der Waals surface area (Å²) in [6, 6.07) is 11.5. The molecule has 2 N–H and O–H groups in total. The molecule has 2 aromatic rings. The van der Waals surface area contributed by atoms with Crippen molar-refractivity contribution in [1.29, 1.82) is 0 Å². The van der Waals surface area contributed by atoms with Crippen LogP contribution in [0.2, 0.25) is 0 Å². The van der Waals surface area contributed by atoms with Gasteiger partial charge < -0.3 is 15.5 Å². The molecule has 2 aromatic heterocycles. The molecule has 2 amide bonds. The number of pyridine rings is 2. The largest absolute Gasteiger partial charge is 0.347 e. The summed E-state index contributed by atoms with van der Waals surface area (Å²) in [6.45, 7) is 2.81. The van der Waals surface area contributed by atoms with E-state index in [2.05, 4.69) is 15.6 Å². The molecule has 1 atom stereocenters. The molecule has 0 aromatic carbocycles. The second-order valence-corrected chi connectivity index (χ2v) is 6.38. The standard InChI is InChI=1S/C19H23N5O2/c1-14(25)21-12-19(26)24-11-5-6-15(13-24)16-7-4-9-18(22-16)23-17-8-2-3-10-20-17/h2-4,7-10,15H,5-6,11-13H2,1H3,(H,21,25)(H,20,22,23). The molecule has 0 radical (unpaired) electrons. The lowest BCUT2D eigenvalue weighted by molar-refractivity contribution is -0.133. The van der Waals surface area contributed by atoms with Crippen LogP contribution in [0.15, 0.2) is 42.6 Å². The Bertz CT molecular complexity index is 766. The number of nitrogens with zero attached hydrogens (tertiary/aromatic N) is 3. The SMILES string of the molecule is CC(=O)NCC(=O)N1CCCC(c2cccc(Nc3ccccn3)n2)C1. The molecule has 1 unspecified atom stereocenters. The van der Waals surface area contributed by atoms with Gasteiger partial charge in [0.15, 0.2) is 0 Å². The molecule has 7 nitrogen and oxygen atoms in total. The van der Waals surface area contributed by atoms with Crippen molar-refractivity contribution in [2.75, 3.05) is 25.0 Å². The number of hydrogen-bond donors (Lipinski definition) is 2. The maximum absolute atomic E-state index is 12.3. The normalized spacial score (nSPS) is 16.8. The van der Waals surface area contributed by atoms with E-state index in [4.69, 9.17) is 4.98 Å². The zero-order chi connectivity index (χ0) is 18.4. The quantitative estimate of drug-likeness (QED) is 0.859. The Morgan fingerprint density at radius 1 is 1.19 bits per heavy atom. The molecule has 0 saturated carbocycles. The Morgan fingerprint density at radius 2 is 2.04 bits per heavy atom. The van der Waals surface area contributed by atoms with E-state index < -0.39 is 0 Å². The van der Waals surface area contributed by atoms with Gasteiger partial charge in [-0.1, -0.05) is 12.1 Å². The highest BCUT2D eigenvalue weighted by Gasteiger charge is 2.25. The van der Waals surface area contributed by atoms with Gasteiger partial charge in [-0.2, -0.15) is 0 Å². The second kappa shape index (κ2) is 8.42. The molecule has 1 aliphatic rings. The number of carbonyl (C=O) groups is 2. The van der Waals surface area contributed by atoms with Crippen molar-refractivity contribution in [2.24, 2.45) is 0 Å². The number of carbonyl (C=O) groups excluding carboxylic acids is 2. The summed E-state index contributed by atoms with van der Waals surface area (Å²) in [7, 11) is 0. The number of nitrogens with one attached hydrogen (secondary N) is 2. The van der Waals surface area contributed by atoms with Gasteiger partial charge >= 0.3 is 0 Å². The third-order valence-corrected chi connectivity index (χ3v) is 4.37. The maximum Gasteiger partial charge on any atom is 0.241 e. The molecule has 3 rings (SSSR count). The molecule has 1 saturated heterocycles. The zero-order valence-corrected chi connectivity index (χ0v) is 14.8. The highest BCUT2D eigenvalue weighted by atomic mass is 16.2. The van der Waals surface area contributed by atoms with Gasteiger partial charge in [0.1, 0.15) is 11.6 Å². The van der Waals surface area contributed by atoms with E-state index in [1.54, 1.807) is 6.20 Å². The Balaban J connectivity index is 1.65. The van der Waals surface area contributed by atoms with Crippen LogP contribution < -0.4 is 10.6 Å². The minimum Gasteiger partial charge on any atom is -0.347 e. The maximum atomic E-state index is 12.3. The Hall–Kier alpha value is -2.96. The number of amides is 2. The van der Waals surface area contributed by atoms with Crippen molar-refractivity contribution >= 4 is 23.5 Å². The van der Waals surface area contributed by atoms with Crippen molar-refractivity contribution in [3.05, 3.63) is 48.3 Å². The van der Waals surface area contributed by atoms with Crippen molar-refractivity contribution in [3.63, 3.8) is 0 Å². The first kappa shape index (κ1) is 17.8. The monoisotopic (exact) mass is 353 g/mol. The lowest BCUT2D eigenvalue weighted by Gasteiger charge is -2.32. The van der Waals surface area contributed by atoms with E-state index in [-0.39, 0.29) is 24.3 Å². The summed E-state index contributed by atoms with van der Waals surface area (Å²) in [6.07, 6.45) is 3.64. The van der Waals surface area contributed by atoms with Gasteiger partial charge in [0.2, 0.25) is 11.8 Å². The van der Waals surface area contributed by atoms with E-state index in [0.29, 0.717) is 6.54 Å². The minimum atomic E-state index is -0.193. The fourth-order valence-corrected chi connectivity index (χ4v) is 3.07. The topological polar surface area (TPSA) is 87.2 Å². The zero-order valence-electron chi connectivity index (χ0n) is 14.8. The number of hydrogen-bond acceptors (Lipinski definition) is 5. The molecule has 26 heavy (non-hydrogen) atoms. The highest BCUT2D eigenvalue weighted by molar-refractivity contribution is 5.83. The van der Waals surface area contributed by atoms with E-state index >= 15 is 0 Å². The van der Waals surface area contributed by atoms with Gasteiger partial charge in [0.25, 0.3) is 0 Å². The highest BCUT2D eigenvalue weighted by Crippen LogP contribution is 2.26. The third-order valence-electron chi connectivity index (χ3n) is 4.37. The van der Waals surface area contributed by atoms with Gasteiger partial charge in [-0.3, -0.25) is 9.59 Å². The van der Waals surface area contributed by atoms with Crippen LogP contribution >= 0.6 is 0 Å². The first-order valence-electron chi connectivity index (χ1n) is 8.79.